The van der Waals surface area contributed by atoms with Gasteiger partial charge < -0.3 is 16.0 Å². The highest BCUT2D eigenvalue weighted by molar-refractivity contribution is 7.09. The average Bonchev–Trinajstić information content (AvgIpc) is 3.04. The number of carbonyl (C=O) groups is 1. The number of nitrogens with zero attached hydrogens (tertiary/aromatic N) is 1. The molecule has 4 N–H and O–H groups in total. The molecule has 0 aliphatic heterocycles. The monoisotopic (exact) mass is 300 g/mol. The number of H-pyrrole nitrogens is 1. The van der Waals surface area contributed by atoms with E-state index in [0.29, 0.717) is 17.8 Å². The summed E-state index contributed by atoms with van der Waals surface area (Å²) in [5.41, 5.74) is 8.94. The van der Waals surface area contributed by atoms with Gasteiger partial charge in [0.05, 0.1) is 10.6 Å². The number of benzene rings is 1. The van der Waals surface area contributed by atoms with Crippen LogP contribution in [0.1, 0.15) is 21.1 Å². The first-order chi connectivity index (χ1) is 10.1. The van der Waals surface area contributed by atoms with Crippen molar-refractivity contribution in [3.63, 3.8) is 0 Å². The first-order valence-electron chi connectivity index (χ1n) is 6.69. The molecule has 0 fully saturated rings. The molecule has 6 heteroatoms. The molecule has 3 rings (SSSR count). The minimum absolute atomic E-state index is 0.0840. The standard InChI is InChI=1S/C15H16N4OS/c1-9-8-21-14(19-9)4-5-17-15(20)12-7-18-13-6-10(16)2-3-11(12)13/h2-3,6-8,18H,4-5,16H2,1H3,(H,17,20). The molecule has 1 aromatic carbocycles. The van der Waals surface area contributed by atoms with Gasteiger partial charge in [-0.1, -0.05) is 0 Å². The zero-order valence-electron chi connectivity index (χ0n) is 11.6. The Kier molecular flexibility index (Phi) is 3.62. The molecule has 0 saturated carbocycles. The lowest BCUT2D eigenvalue weighted by Gasteiger charge is -2.03. The summed E-state index contributed by atoms with van der Waals surface area (Å²) in [5, 5.41) is 6.86. The maximum atomic E-state index is 12.2. The third-order valence-electron chi connectivity index (χ3n) is 3.24. The Bertz CT molecular complexity index is 790. The molecule has 2 heterocycles. The van der Waals surface area contributed by atoms with E-state index in [-0.39, 0.29) is 5.91 Å². The van der Waals surface area contributed by atoms with Gasteiger partial charge in [-0.2, -0.15) is 0 Å². The van der Waals surface area contributed by atoms with Crippen molar-refractivity contribution in [1.82, 2.24) is 15.3 Å². The van der Waals surface area contributed by atoms with E-state index in [4.69, 9.17) is 5.73 Å². The van der Waals surface area contributed by atoms with E-state index in [1.807, 2.05) is 24.4 Å². The molecular formula is C15H16N4OS. The van der Waals surface area contributed by atoms with Crippen molar-refractivity contribution < 1.29 is 4.79 Å². The summed E-state index contributed by atoms with van der Waals surface area (Å²) in [7, 11) is 0. The van der Waals surface area contributed by atoms with E-state index in [2.05, 4.69) is 15.3 Å². The second-order valence-corrected chi connectivity index (χ2v) is 5.84. The molecule has 0 saturated heterocycles. The lowest BCUT2D eigenvalue weighted by molar-refractivity contribution is 0.0956. The number of aromatic amines is 1. The fourth-order valence-electron chi connectivity index (χ4n) is 2.23. The number of hydrogen-bond acceptors (Lipinski definition) is 4. The molecule has 3 aromatic rings. The first kappa shape index (κ1) is 13.6. The van der Waals surface area contributed by atoms with Gasteiger partial charge in [-0.05, 0) is 25.1 Å². The van der Waals surface area contributed by atoms with E-state index in [0.717, 1.165) is 28.0 Å². The molecule has 5 nitrogen and oxygen atoms in total. The van der Waals surface area contributed by atoms with E-state index >= 15 is 0 Å². The van der Waals surface area contributed by atoms with Gasteiger partial charge in [0.25, 0.3) is 5.91 Å². The highest BCUT2D eigenvalue weighted by Gasteiger charge is 2.11. The summed E-state index contributed by atoms with van der Waals surface area (Å²) in [5.74, 6) is -0.0840. The van der Waals surface area contributed by atoms with Gasteiger partial charge in [0.2, 0.25) is 0 Å². The van der Waals surface area contributed by atoms with Crippen molar-refractivity contribution in [3.05, 3.63) is 46.0 Å². The average molecular weight is 300 g/mol. The van der Waals surface area contributed by atoms with Gasteiger partial charge in [-0.25, -0.2) is 4.98 Å². The van der Waals surface area contributed by atoms with Crippen LogP contribution in [0.15, 0.2) is 29.8 Å². The van der Waals surface area contributed by atoms with Crippen LogP contribution in [0.5, 0.6) is 0 Å². The van der Waals surface area contributed by atoms with E-state index < -0.39 is 0 Å². The van der Waals surface area contributed by atoms with Gasteiger partial charge in [-0.3, -0.25) is 4.79 Å². The maximum Gasteiger partial charge on any atom is 0.253 e. The maximum absolute atomic E-state index is 12.2. The number of aryl methyl sites for hydroxylation is 1. The van der Waals surface area contributed by atoms with Crippen molar-refractivity contribution >= 4 is 33.8 Å². The van der Waals surface area contributed by atoms with Crippen LogP contribution in [0.3, 0.4) is 0 Å². The quantitative estimate of drug-likeness (QED) is 0.647. The zero-order valence-corrected chi connectivity index (χ0v) is 12.5. The normalized spacial score (nSPS) is 10.9. The Morgan fingerprint density at radius 1 is 1.48 bits per heavy atom. The van der Waals surface area contributed by atoms with Gasteiger partial charge in [-0.15, -0.1) is 11.3 Å². The van der Waals surface area contributed by atoms with E-state index in [1.165, 1.54) is 0 Å². The number of anilines is 1. The number of nitrogens with two attached hydrogens (primary N) is 1. The van der Waals surface area contributed by atoms with E-state index in [9.17, 15) is 4.79 Å². The summed E-state index contributed by atoms with van der Waals surface area (Å²) in [6.07, 6.45) is 2.46. The molecule has 0 aliphatic rings. The Morgan fingerprint density at radius 2 is 2.33 bits per heavy atom. The zero-order chi connectivity index (χ0) is 14.8. The fraction of sp³-hybridized carbons (Fsp3) is 0.200. The lowest BCUT2D eigenvalue weighted by Crippen LogP contribution is -2.25. The molecule has 0 radical (unpaired) electrons. The molecule has 1 amide bonds. The Labute approximate surface area is 126 Å². The van der Waals surface area contributed by atoms with Crippen LogP contribution >= 0.6 is 11.3 Å². The van der Waals surface area contributed by atoms with Crippen molar-refractivity contribution in [1.29, 1.82) is 0 Å². The Balaban J connectivity index is 1.66. The largest absolute Gasteiger partial charge is 0.399 e. The van der Waals surface area contributed by atoms with Crippen molar-refractivity contribution in [2.24, 2.45) is 0 Å². The molecule has 0 atom stereocenters. The van der Waals surface area contributed by atoms with Gasteiger partial charge in [0.1, 0.15) is 0 Å². The molecular weight excluding hydrogens is 284 g/mol. The number of hydrogen-bond donors (Lipinski definition) is 3. The summed E-state index contributed by atoms with van der Waals surface area (Å²) in [6.45, 7) is 2.55. The number of fused-ring (bicyclic) bond motifs is 1. The highest BCUT2D eigenvalue weighted by Crippen LogP contribution is 2.20. The topological polar surface area (TPSA) is 83.8 Å². The number of aromatic nitrogens is 2. The molecule has 0 aliphatic carbocycles. The smallest absolute Gasteiger partial charge is 0.253 e. The van der Waals surface area contributed by atoms with Crippen LogP contribution in [0, 0.1) is 6.92 Å². The van der Waals surface area contributed by atoms with Crippen molar-refractivity contribution in [2.75, 3.05) is 12.3 Å². The van der Waals surface area contributed by atoms with Crippen LogP contribution in [0.2, 0.25) is 0 Å². The number of nitrogens with one attached hydrogen (secondary N) is 2. The second kappa shape index (κ2) is 5.57. The van der Waals surface area contributed by atoms with Gasteiger partial charge in [0.15, 0.2) is 0 Å². The van der Waals surface area contributed by atoms with Crippen LogP contribution in [-0.4, -0.2) is 22.4 Å². The molecule has 0 unspecified atom stereocenters. The van der Waals surface area contributed by atoms with E-state index in [1.54, 1.807) is 23.6 Å². The Hall–Kier alpha value is -2.34. The molecule has 2 aromatic heterocycles. The fourth-order valence-corrected chi connectivity index (χ4v) is 3.00. The Morgan fingerprint density at radius 3 is 3.10 bits per heavy atom. The van der Waals surface area contributed by atoms with Gasteiger partial charge >= 0.3 is 0 Å². The third-order valence-corrected chi connectivity index (χ3v) is 4.27. The summed E-state index contributed by atoms with van der Waals surface area (Å²) < 4.78 is 0. The minimum Gasteiger partial charge on any atom is -0.399 e. The van der Waals surface area contributed by atoms with Crippen molar-refractivity contribution in [2.45, 2.75) is 13.3 Å². The highest BCUT2D eigenvalue weighted by atomic mass is 32.1. The summed E-state index contributed by atoms with van der Waals surface area (Å²) >= 11 is 1.62. The second-order valence-electron chi connectivity index (χ2n) is 4.90. The number of thiazole rings is 1. The first-order valence-corrected chi connectivity index (χ1v) is 7.57. The van der Waals surface area contributed by atoms with Crippen LogP contribution in [-0.2, 0) is 6.42 Å². The summed E-state index contributed by atoms with van der Waals surface area (Å²) in [6, 6.07) is 5.48. The molecule has 0 bridgehead atoms. The molecule has 0 spiro atoms. The molecule has 21 heavy (non-hydrogen) atoms. The SMILES string of the molecule is Cc1csc(CCNC(=O)c2c[nH]c3cc(N)ccc23)n1. The number of carbonyl (C=O) groups excluding carboxylic acids is 1. The third kappa shape index (κ3) is 2.90. The van der Waals surface area contributed by atoms with Crippen molar-refractivity contribution in [3.8, 4) is 0 Å². The van der Waals surface area contributed by atoms with Gasteiger partial charge in [0, 0.05) is 46.8 Å². The predicted molar refractivity (Wildman–Crippen MR) is 85.6 cm³/mol. The number of nitrogen functional groups attached to an aromatic ring is 1. The minimum atomic E-state index is -0.0840. The number of rotatable bonds is 4. The lowest BCUT2D eigenvalue weighted by atomic mass is 10.1. The van der Waals surface area contributed by atoms with Crippen LogP contribution in [0.4, 0.5) is 5.69 Å². The predicted octanol–water partition coefficient (Wildman–Crippen LogP) is 2.49. The van der Waals surface area contributed by atoms with Crippen LogP contribution < -0.4 is 11.1 Å². The number of amides is 1. The van der Waals surface area contributed by atoms with Crippen LogP contribution in [0.25, 0.3) is 10.9 Å². The summed E-state index contributed by atoms with van der Waals surface area (Å²) in [4.78, 5) is 19.7. The molecule has 108 valence electrons.